The van der Waals surface area contributed by atoms with E-state index in [1.54, 1.807) is 0 Å². The van der Waals surface area contributed by atoms with Gasteiger partial charge in [-0.05, 0) is 19.4 Å². The SMILES string of the molecule is CCCC(O)C(O)CCN. The number of hydrogen-bond acceptors (Lipinski definition) is 3. The second-order valence-electron chi connectivity index (χ2n) is 2.50. The maximum Gasteiger partial charge on any atom is 0.0811 e. The molecular formula is C7H17NO2. The molecule has 4 N–H and O–H groups in total. The van der Waals surface area contributed by atoms with E-state index in [2.05, 4.69) is 0 Å². The molecule has 0 aromatic heterocycles. The van der Waals surface area contributed by atoms with Gasteiger partial charge in [0.15, 0.2) is 0 Å². The van der Waals surface area contributed by atoms with Crippen LogP contribution in [0.5, 0.6) is 0 Å². The van der Waals surface area contributed by atoms with Crippen LogP contribution >= 0.6 is 0 Å². The smallest absolute Gasteiger partial charge is 0.0811 e. The Balaban J connectivity index is 3.38. The Morgan fingerprint density at radius 3 is 2.10 bits per heavy atom. The van der Waals surface area contributed by atoms with Crippen molar-refractivity contribution in [2.45, 2.75) is 38.4 Å². The van der Waals surface area contributed by atoms with E-state index in [4.69, 9.17) is 15.9 Å². The van der Waals surface area contributed by atoms with Gasteiger partial charge in [0.05, 0.1) is 12.2 Å². The van der Waals surface area contributed by atoms with Crippen LogP contribution in [0, 0.1) is 0 Å². The maximum atomic E-state index is 9.14. The van der Waals surface area contributed by atoms with Crippen LogP contribution in [0.15, 0.2) is 0 Å². The number of aliphatic hydroxyl groups is 2. The third-order valence-corrected chi connectivity index (χ3v) is 1.49. The Bertz CT molecular complexity index is 68.0. The molecule has 0 saturated heterocycles. The van der Waals surface area contributed by atoms with Crippen LogP contribution in [0.3, 0.4) is 0 Å². The van der Waals surface area contributed by atoms with Gasteiger partial charge < -0.3 is 15.9 Å². The van der Waals surface area contributed by atoms with Gasteiger partial charge in [0.2, 0.25) is 0 Å². The summed E-state index contributed by atoms with van der Waals surface area (Å²) in [6.07, 6.45) is 0.809. The van der Waals surface area contributed by atoms with Crippen LogP contribution < -0.4 is 5.73 Å². The number of aliphatic hydroxyl groups excluding tert-OH is 2. The minimum Gasteiger partial charge on any atom is -0.390 e. The summed E-state index contributed by atoms with van der Waals surface area (Å²) in [7, 11) is 0. The van der Waals surface area contributed by atoms with Gasteiger partial charge in [0.25, 0.3) is 0 Å². The zero-order chi connectivity index (χ0) is 7.98. The van der Waals surface area contributed by atoms with E-state index in [-0.39, 0.29) is 0 Å². The highest BCUT2D eigenvalue weighted by atomic mass is 16.3. The zero-order valence-electron chi connectivity index (χ0n) is 6.45. The molecule has 2 atom stereocenters. The van der Waals surface area contributed by atoms with Gasteiger partial charge in [-0.2, -0.15) is 0 Å². The monoisotopic (exact) mass is 147 g/mol. The minimum atomic E-state index is -0.634. The van der Waals surface area contributed by atoms with E-state index in [0.717, 1.165) is 6.42 Å². The van der Waals surface area contributed by atoms with Crippen LogP contribution in [0.2, 0.25) is 0 Å². The highest BCUT2D eigenvalue weighted by molar-refractivity contribution is 4.66. The molecule has 0 amide bonds. The third-order valence-electron chi connectivity index (χ3n) is 1.49. The molecule has 0 spiro atoms. The largest absolute Gasteiger partial charge is 0.390 e. The summed E-state index contributed by atoms with van der Waals surface area (Å²) in [5.41, 5.74) is 5.19. The second kappa shape index (κ2) is 5.65. The van der Waals surface area contributed by atoms with Crippen molar-refractivity contribution >= 4 is 0 Å². The highest BCUT2D eigenvalue weighted by Gasteiger charge is 2.13. The molecule has 62 valence electrons. The first-order valence-corrected chi connectivity index (χ1v) is 3.78. The first-order chi connectivity index (χ1) is 4.72. The average molecular weight is 147 g/mol. The van der Waals surface area contributed by atoms with E-state index < -0.39 is 12.2 Å². The lowest BCUT2D eigenvalue weighted by Gasteiger charge is -2.15. The van der Waals surface area contributed by atoms with Gasteiger partial charge >= 0.3 is 0 Å². The van der Waals surface area contributed by atoms with Crippen molar-refractivity contribution in [1.29, 1.82) is 0 Å². The molecule has 0 fully saturated rings. The van der Waals surface area contributed by atoms with Crippen LogP contribution in [0.1, 0.15) is 26.2 Å². The molecule has 3 heteroatoms. The van der Waals surface area contributed by atoms with Crippen molar-refractivity contribution in [3.8, 4) is 0 Å². The molecule has 0 saturated carbocycles. The summed E-state index contributed by atoms with van der Waals surface area (Å²) in [6, 6.07) is 0. The van der Waals surface area contributed by atoms with Crippen molar-refractivity contribution < 1.29 is 10.2 Å². The summed E-state index contributed by atoms with van der Waals surface area (Å²) in [4.78, 5) is 0. The van der Waals surface area contributed by atoms with E-state index >= 15 is 0 Å². The normalized spacial score (nSPS) is 16.8. The van der Waals surface area contributed by atoms with Crippen LogP contribution in [-0.2, 0) is 0 Å². The molecule has 0 aliphatic heterocycles. The minimum absolute atomic E-state index is 0.432. The Labute approximate surface area is 61.9 Å². The van der Waals surface area contributed by atoms with Crippen LogP contribution in [0.4, 0.5) is 0 Å². The highest BCUT2D eigenvalue weighted by Crippen LogP contribution is 2.04. The standard InChI is InChI=1S/C7H17NO2/c1-2-3-6(9)7(10)4-5-8/h6-7,9-10H,2-5,8H2,1H3. The molecule has 0 radical (unpaired) electrons. The molecule has 10 heavy (non-hydrogen) atoms. The van der Waals surface area contributed by atoms with Crippen molar-refractivity contribution in [2.75, 3.05) is 6.54 Å². The summed E-state index contributed by atoms with van der Waals surface area (Å²) in [5, 5.41) is 18.3. The lowest BCUT2D eigenvalue weighted by molar-refractivity contribution is 0.0111. The molecule has 0 aliphatic rings. The van der Waals surface area contributed by atoms with Crippen molar-refractivity contribution in [1.82, 2.24) is 0 Å². The second-order valence-corrected chi connectivity index (χ2v) is 2.50. The summed E-state index contributed by atoms with van der Waals surface area (Å²) >= 11 is 0. The quantitative estimate of drug-likeness (QED) is 0.507. The van der Waals surface area contributed by atoms with E-state index in [9.17, 15) is 0 Å². The van der Waals surface area contributed by atoms with Gasteiger partial charge in [-0.1, -0.05) is 13.3 Å². The summed E-state index contributed by atoms with van der Waals surface area (Å²) in [6.45, 7) is 2.40. The van der Waals surface area contributed by atoms with Crippen molar-refractivity contribution in [2.24, 2.45) is 5.73 Å². The lowest BCUT2D eigenvalue weighted by atomic mass is 10.1. The summed E-state index contributed by atoms with van der Waals surface area (Å²) < 4.78 is 0. The molecule has 0 heterocycles. The zero-order valence-corrected chi connectivity index (χ0v) is 6.45. The molecule has 0 aliphatic carbocycles. The van der Waals surface area contributed by atoms with Crippen LogP contribution in [-0.4, -0.2) is 29.0 Å². The molecule has 0 aromatic rings. The van der Waals surface area contributed by atoms with Crippen molar-refractivity contribution in [3.63, 3.8) is 0 Å². The van der Waals surface area contributed by atoms with E-state index in [1.165, 1.54) is 0 Å². The lowest BCUT2D eigenvalue weighted by Crippen LogP contribution is -2.27. The Kier molecular flexibility index (Phi) is 5.58. The number of nitrogens with two attached hydrogens (primary N) is 1. The van der Waals surface area contributed by atoms with Crippen molar-refractivity contribution in [3.05, 3.63) is 0 Å². The third kappa shape index (κ3) is 3.82. The number of rotatable bonds is 5. The van der Waals surface area contributed by atoms with E-state index in [1.807, 2.05) is 6.92 Å². The predicted octanol–water partition coefficient (Wildman–Crippen LogP) is -0.143. The fourth-order valence-electron chi connectivity index (χ4n) is 0.851. The first kappa shape index (κ1) is 9.88. The fraction of sp³-hybridized carbons (Fsp3) is 1.00. The molecule has 3 nitrogen and oxygen atoms in total. The Morgan fingerprint density at radius 1 is 1.20 bits per heavy atom. The fourth-order valence-corrected chi connectivity index (χ4v) is 0.851. The molecule has 0 bridgehead atoms. The van der Waals surface area contributed by atoms with Gasteiger partial charge in [0, 0.05) is 0 Å². The molecular weight excluding hydrogens is 130 g/mol. The maximum absolute atomic E-state index is 9.14. The molecule has 0 aromatic carbocycles. The summed E-state index contributed by atoms with van der Waals surface area (Å²) in [5.74, 6) is 0. The van der Waals surface area contributed by atoms with E-state index in [0.29, 0.717) is 19.4 Å². The van der Waals surface area contributed by atoms with Gasteiger partial charge in [-0.25, -0.2) is 0 Å². The average Bonchev–Trinajstić information content (AvgIpc) is 1.89. The first-order valence-electron chi connectivity index (χ1n) is 3.78. The molecule has 0 rings (SSSR count). The Hall–Kier alpha value is -0.120. The predicted molar refractivity (Wildman–Crippen MR) is 40.6 cm³/mol. The van der Waals surface area contributed by atoms with Gasteiger partial charge in [0.1, 0.15) is 0 Å². The van der Waals surface area contributed by atoms with Crippen LogP contribution in [0.25, 0.3) is 0 Å². The topological polar surface area (TPSA) is 66.5 Å². The molecule has 2 unspecified atom stereocenters. The Morgan fingerprint density at radius 2 is 1.70 bits per heavy atom. The van der Waals surface area contributed by atoms with Gasteiger partial charge in [-0.3, -0.25) is 0 Å². The number of hydrogen-bond donors (Lipinski definition) is 3. The van der Waals surface area contributed by atoms with Gasteiger partial charge in [-0.15, -0.1) is 0 Å².